The molecule has 0 bridgehead atoms. The molecule has 4 heteroatoms. The fourth-order valence-electron chi connectivity index (χ4n) is 0.557. The molecule has 0 aliphatic rings. The molecule has 1 rings (SSSR count). The van der Waals surface area contributed by atoms with Gasteiger partial charge in [0, 0.05) is 4.90 Å². The van der Waals surface area contributed by atoms with Crippen LogP contribution in [0.25, 0.3) is 0 Å². The Hall–Kier alpha value is -0.550. The first kappa shape index (κ1) is 8.55. The van der Waals surface area contributed by atoms with E-state index in [1.165, 1.54) is 7.11 Å². The van der Waals surface area contributed by atoms with E-state index in [-0.39, 0.29) is 0 Å². The molecule has 0 atom stereocenters. The molecule has 1 aromatic carbocycles. The summed E-state index contributed by atoms with van der Waals surface area (Å²) in [5.74, 6) is 0. The predicted molar refractivity (Wildman–Crippen MR) is 41.5 cm³/mol. The van der Waals surface area contributed by atoms with Gasteiger partial charge in [-0.15, -0.1) is 4.33 Å². The van der Waals surface area contributed by atoms with Gasteiger partial charge >= 0.3 is 0 Å². The zero-order valence-corrected chi connectivity index (χ0v) is 6.84. The summed E-state index contributed by atoms with van der Waals surface area (Å²) in [6.07, 6.45) is 0. The molecule has 0 N–H and O–H groups in total. The maximum atomic E-state index is 4.56. The highest BCUT2D eigenvalue weighted by Crippen LogP contribution is 2.17. The lowest BCUT2D eigenvalue weighted by molar-refractivity contribution is -0.447. The van der Waals surface area contributed by atoms with Gasteiger partial charge in [-0.05, 0) is 12.1 Å². The van der Waals surface area contributed by atoms with E-state index < -0.39 is 0 Å². The molecule has 0 fully saturated rings. The lowest BCUT2D eigenvalue weighted by Crippen LogP contribution is -1.83. The number of hydrogen-bond donors (Lipinski definition) is 0. The number of hydrogen-bond acceptors (Lipinski definition) is 4. The van der Waals surface area contributed by atoms with Gasteiger partial charge in [0.1, 0.15) is 0 Å². The van der Waals surface area contributed by atoms with Crippen LogP contribution in [-0.4, -0.2) is 7.11 Å². The van der Waals surface area contributed by atoms with Gasteiger partial charge in [0.05, 0.1) is 19.2 Å². The molecule has 0 heterocycles. The third-order valence-electron chi connectivity index (χ3n) is 0.969. The van der Waals surface area contributed by atoms with E-state index in [1.54, 1.807) is 0 Å². The molecule has 60 valence electrons. The van der Waals surface area contributed by atoms with Crippen molar-refractivity contribution in [3.63, 3.8) is 0 Å². The van der Waals surface area contributed by atoms with Gasteiger partial charge in [0.2, 0.25) is 0 Å². The van der Waals surface area contributed by atoms with Crippen LogP contribution in [-0.2, 0) is 14.3 Å². The summed E-state index contributed by atoms with van der Waals surface area (Å²) in [7, 11) is 1.38. The van der Waals surface area contributed by atoms with E-state index in [0.29, 0.717) is 0 Å². The molecule has 0 aliphatic heterocycles. The van der Waals surface area contributed by atoms with Crippen LogP contribution in [0.3, 0.4) is 0 Å². The third-order valence-corrected chi connectivity index (χ3v) is 1.56. The Balaban J connectivity index is 2.28. The van der Waals surface area contributed by atoms with Crippen molar-refractivity contribution in [3.8, 4) is 0 Å². The first-order valence-electron chi connectivity index (χ1n) is 3.02. The minimum Gasteiger partial charge on any atom is -0.209 e. The summed E-state index contributed by atoms with van der Waals surface area (Å²) in [4.78, 5) is 5.18. The average molecular weight is 172 g/mol. The molecule has 0 unspecified atom stereocenters. The molecule has 0 amide bonds. The Labute approximate surface area is 69.3 Å². The minimum absolute atomic E-state index is 0.963. The van der Waals surface area contributed by atoms with Crippen LogP contribution in [0.15, 0.2) is 35.2 Å². The molecular formula is C7H8O3S. The van der Waals surface area contributed by atoms with Gasteiger partial charge in [0.25, 0.3) is 0 Å². The lowest BCUT2D eigenvalue weighted by atomic mass is 10.4. The summed E-state index contributed by atoms with van der Waals surface area (Å²) < 4.78 is 4.56. The quantitative estimate of drug-likeness (QED) is 0.301. The van der Waals surface area contributed by atoms with Gasteiger partial charge in [-0.25, -0.2) is 4.89 Å². The molecule has 0 saturated heterocycles. The highest BCUT2D eigenvalue weighted by Gasteiger charge is 1.92. The topological polar surface area (TPSA) is 27.7 Å². The number of rotatable bonds is 4. The van der Waals surface area contributed by atoms with Gasteiger partial charge in [-0.3, -0.25) is 0 Å². The fourth-order valence-corrected chi connectivity index (χ4v) is 0.987. The van der Waals surface area contributed by atoms with Gasteiger partial charge in [-0.1, -0.05) is 23.2 Å². The van der Waals surface area contributed by atoms with Crippen LogP contribution in [0.5, 0.6) is 0 Å². The van der Waals surface area contributed by atoms with Crippen molar-refractivity contribution in [3.05, 3.63) is 30.3 Å². The second kappa shape index (κ2) is 5.15. The van der Waals surface area contributed by atoms with Crippen LogP contribution in [0.1, 0.15) is 0 Å². The Kier molecular flexibility index (Phi) is 4.00. The van der Waals surface area contributed by atoms with E-state index in [4.69, 9.17) is 0 Å². The van der Waals surface area contributed by atoms with Crippen LogP contribution < -0.4 is 0 Å². The molecule has 1 aromatic rings. The average Bonchev–Trinajstić information content (AvgIpc) is 2.07. The molecule has 0 aliphatic carbocycles. The largest absolute Gasteiger partial charge is 0.209 e. The Bertz CT molecular complexity index is 190. The molecule has 11 heavy (non-hydrogen) atoms. The van der Waals surface area contributed by atoms with Crippen molar-refractivity contribution in [2.75, 3.05) is 7.11 Å². The highest BCUT2D eigenvalue weighted by molar-refractivity contribution is 7.94. The number of benzene rings is 1. The minimum atomic E-state index is 0.963. The van der Waals surface area contributed by atoms with Crippen LogP contribution in [0, 0.1) is 0 Å². The van der Waals surface area contributed by atoms with Crippen molar-refractivity contribution in [2.45, 2.75) is 4.90 Å². The van der Waals surface area contributed by atoms with Crippen LogP contribution in [0.2, 0.25) is 0 Å². The maximum absolute atomic E-state index is 4.56. The smallest absolute Gasteiger partial charge is 0.0744 e. The van der Waals surface area contributed by atoms with E-state index in [1.807, 2.05) is 30.3 Å². The summed E-state index contributed by atoms with van der Waals surface area (Å²) in [5.41, 5.74) is 0. The summed E-state index contributed by atoms with van der Waals surface area (Å²) in [5, 5.41) is 4.20. The van der Waals surface area contributed by atoms with E-state index in [0.717, 1.165) is 16.9 Å². The zero-order chi connectivity index (χ0) is 7.94. The predicted octanol–water partition coefficient (Wildman–Crippen LogP) is 2.20. The Morgan fingerprint density at radius 1 is 1.18 bits per heavy atom. The monoisotopic (exact) mass is 172 g/mol. The second-order valence-electron chi connectivity index (χ2n) is 1.70. The first-order chi connectivity index (χ1) is 5.43. The zero-order valence-electron chi connectivity index (χ0n) is 6.02. The third kappa shape index (κ3) is 3.38. The van der Waals surface area contributed by atoms with Gasteiger partial charge < -0.3 is 0 Å². The van der Waals surface area contributed by atoms with Crippen molar-refractivity contribution < 1.29 is 14.3 Å². The van der Waals surface area contributed by atoms with Crippen molar-refractivity contribution in [2.24, 2.45) is 0 Å². The molecule has 3 nitrogen and oxygen atoms in total. The Morgan fingerprint density at radius 2 is 1.91 bits per heavy atom. The molecule has 0 spiro atoms. The Morgan fingerprint density at radius 3 is 2.55 bits per heavy atom. The van der Waals surface area contributed by atoms with Crippen LogP contribution >= 0.6 is 12.0 Å². The fraction of sp³-hybridized carbons (Fsp3) is 0.143. The summed E-state index contributed by atoms with van der Waals surface area (Å²) >= 11 is 1.10. The summed E-state index contributed by atoms with van der Waals surface area (Å²) in [6, 6.07) is 9.58. The SMILES string of the molecule is COOOSc1ccccc1. The molecule has 0 saturated carbocycles. The van der Waals surface area contributed by atoms with E-state index >= 15 is 0 Å². The van der Waals surface area contributed by atoms with E-state index in [9.17, 15) is 0 Å². The molecular weight excluding hydrogens is 164 g/mol. The van der Waals surface area contributed by atoms with Crippen LogP contribution in [0.4, 0.5) is 0 Å². The lowest BCUT2D eigenvalue weighted by Gasteiger charge is -1.96. The van der Waals surface area contributed by atoms with Crippen molar-refractivity contribution in [1.29, 1.82) is 0 Å². The normalized spacial score (nSPS) is 9.91. The standard InChI is InChI=1S/C7H8O3S/c1-8-9-10-11-7-5-3-2-4-6-7/h2-6H,1H3. The maximum Gasteiger partial charge on any atom is 0.0744 e. The second-order valence-corrected chi connectivity index (χ2v) is 2.47. The van der Waals surface area contributed by atoms with Gasteiger partial charge in [0.15, 0.2) is 0 Å². The highest BCUT2D eigenvalue weighted by atomic mass is 32.2. The van der Waals surface area contributed by atoms with Crippen molar-refractivity contribution in [1.82, 2.24) is 0 Å². The molecule has 0 radical (unpaired) electrons. The summed E-state index contributed by atoms with van der Waals surface area (Å²) in [6.45, 7) is 0. The molecule has 0 aromatic heterocycles. The van der Waals surface area contributed by atoms with Crippen molar-refractivity contribution >= 4 is 12.0 Å². The van der Waals surface area contributed by atoms with E-state index in [2.05, 4.69) is 14.3 Å². The first-order valence-corrected chi connectivity index (χ1v) is 3.76. The van der Waals surface area contributed by atoms with Gasteiger partial charge in [-0.2, -0.15) is 0 Å².